The predicted octanol–water partition coefficient (Wildman–Crippen LogP) is 4.68. The molecule has 4 nitrogen and oxygen atoms in total. The minimum Gasteiger partial charge on any atom is -0.353 e. The SMILES string of the molecule is C=CC(=O)NCCCCCCN1[C+]=CC(=CC=C2C=C(Cl)C=C(Cl)C2=O)C=C1. The molecule has 0 saturated heterocycles. The molecular formula is C22H23Cl2N2O2+. The van der Waals surface area contributed by atoms with E-state index in [4.69, 9.17) is 23.2 Å². The van der Waals surface area contributed by atoms with E-state index in [9.17, 15) is 9.59 Å². The topological polar surface area (TPSA) is 49.4 Å². The summed E-state index contributed by atoms with van der Waals surface area (Å²) in [5.41, 5.74) is 1.39. The summed E-state index contributed by atoms with van der Waals surface area (Å²) in [4.78, 5) is 25.0. The number of hydrogen-bond acceptors (Lipinski definition) is 3. The molecule has 2 rings (SSSR count). The molecule has 0 aromatic carbocycles. The molecular weight excluding hydrogens is 395 g/mol. The Kier molecular flexibility index (Phi) is 8.96. The van der Waals surface area contributed by atoms with Crippen molar-refractivity contribution in [3.05, 3.63) is 82.7 Å². The van der Waals surface area contributed by atoms with Gasteiger partial charge < -0.3 is 5.32 Å². The lowest BCUT2D eigenvalue weighted by molar-refractivity contribution is -0.116. The van der Waals surface area contributed by atoms with Crippen molar-refractivity contribution < 1.29 is 9.59 Å². The van der Waals surface area contributed by atoms with Gasteiger partial charge in [0.25, 0.3) is 0 Å². The number of carbonyl (C=O) groups is 2. The van der Waals surface area contributed by atoms with Crippen LogP contribution in [0.25, 0.3) is 0 Å². The third-order valence-electron chi connectivity index (χ3n) is 4.15. The molecule has 0 saturated carbocycles. The molecule has 1 N–H and O–H groups in total. The van der Waals surface area contributed by atoms with Crippen molar-refractivity contribution in [1.29, 1.82) is 0 Å². The second kappa shape index (κ2) is 11.5. The maximum Gasteiger partial charge on any atom is 0.243 e. The van der Waals surface area contributed by atoms with Gasteiger partial charge in [0.05, 0.1) is 23.2 Å². The Labute approximate surface area is 176 Å². The number of unbranched alkanes of at least 4 members (excludes halogenated alkanes) is 3. The maximum absolute atomic E-state index is 12.0. The zero-order valence-corrected chi connectivity index (χ0v) is 17.1. The van der Waals surface area contributed by atoms with Crippen LogP contribution in [0, 0.1) is 6.20 Å². The maximum atomic E-state index is 12.0. The van der Waals surface area contributed by atoms with E-state index in [1.807, 2.05) is 29.3 Å². The summed E-state index contributed by atoms with van der Waals surface area (Å²) in [6.07, 6.45) is 21.1. The fraction of sp³-hybridized carbons (Fsp3) is 0.273. The van der Waals surface area contributed by atoms with Crippen LogP contribution in [0.2, 0.25) is 0 Å². The van der Waals surface area contributed by atoms with Gasteiger partial charge in [-0.25, -0.2) is 4.90 Å². The van der Waals surface area contributed by atoms with Gasteiger partial charge in [-0.05, 0) is 37.1 Å². The molecule has 0 radical (unpaired) electrons. The summed E-state index contributed by atoms with van der Waals surface area (Å²) in [7, 11) is 0. The van der Waals surface area contributed by atoms with E-state index in [0.717, 1.165) is 37.8 Å². The summed E-state index contributed by atoms with van der Waals surface area (Å²) in [5, 5.41) is 3.32. The third kappa shape index (κ3) is 7.32. The fourth-order valence-corrected chi connectivity index (χ4v) is 3.11. The lowest BCUT2D eigenvalue weighted by atomic mass is 10.0. The van der Waals surface area contributed by atoms with Crippen LogP contribution in [0.15, 0.2) is 76.5 Å². The van der Waals surface area contributed by atoms with E-state index in [0.29, 0.717) is 17.2 Å². The average Bonchev–Trinajstić information content (AvgIpc) is 2.69. The zero-order chi connectivity index (χ0) is 20.4. The Bertz CT molecular complexity index is 785. The number of amides is 1. The minimum atomic E-state index is -0.235. The Morgan fingerprint density at radius 3 is 2.68 bits per heavy atom. The molecule has 0 spiro atoms. The van der Waals surface area contributed by atoms with Gasteiger partial charge in [0.2, 0.25) is 11.7 Å². The quantitative estimate of drug-likeness (QED) is 0.336. The van der Waals surface area contributed by atoms with Gasteiger partial charge in [0.1, 0.15) is 18.5 Å². The second-order valence-electron chi connectivity index (χ2n) is 6.33. The van der Waals surface area contributed by atoms with Gasteiger partial charge in [-0.3, -0.25) is 9.59 Å². The van der Waals surface area contributed by atoms with Gasteiger partial charge in [0.15, 0.2) is 0 Å². The van der Waals surface area contributed by atoms with Crippen LogP contribution in [0.3, 0.4) is 0 Å². The number of allylic oxidation sites excluding steroid dienone is 10. The highest BCUT2D eigenvalue weighted by Crippen LogP contribution is 2.24. The number of nitrogens with one attached hydrogen (secondary N) is 1. The van der Waals surface area contributed by atoms with E-state index in [1.165, 1.54) is 12.2 Å². The highest BCUT2D eigenvalue weighted by molar-refractivity contribution is 6.48. The number of nitrogens with zero attached hydrogens (tertiary/aromatic N) is 1. The summed E-state index contributed by atoms with van der Waals surface area (Å²) in [5.74, 6) is -0.356. The van der Waals surface area contributed by atoms with Crippen molar-refractivity contribution in [3.8, 4) is 0 Å². The summed E-state index contributed by atoms with van der Waals surface area (Å²) < 4.78 is 0. The van der Waals surface area contributed by atoms with Gasteiger partial charge in [-0.2, -0.15) is 0 Å². The van der Waals surface area contributed by atoms with E-state index < -0.39 is 0 Å². The van der Waals surface area contributed by atoms with Crippen molar-refractivity contribution in [2.24, 2.45) is 0 Å². The molecule has 146 valence electrons. The Morgan fingerprint density at radius 1 is 1.18 bits per heavy atom. The average molecular weight is 418 g/mol. The van der Waals surface area contributed by atoms with E-state index in [1.54, 1.807) is 12.2 Å². The monoisotopic (exact) mass is 417 g/mol. The van der Waals surface area contributed by atoms with Crippen LogP contribution in [0.4, 0.5) is 0 Å². The number of halogens is 2. The first-order chi connectivity index (χ1) is 13.5. The summed E-state index contributed by atoms with van der Waals surface area (Å²) >= 11 is 11.8. The molecule has 28 heavy (non-hydrogen) atoms. The third-order valence-corrected chi connectivity index (χ3v) is 4.65. The van der Waals surface area contributed by atoms with Crippen LogP contribution >= 0.6 is 23.2 Å². The normalized spacial score (nSPS) is 18.8. The molecule has 1 heterocycles. The molecule has 1 aliphatic heterocycles. The van der Waals surface area contributed by atoms with Crippen LogP contribution in [-0.2, 0) is 9.59 Å². The number of rotatable bonds is 9. The second-order valence-corrected chi connectivity index (χ2v) is 7.17. The largest absolute Gasteiger partial charge is 0.353 e. The van der Waals surface area contributed by atoms with Crippen molar-refractivity contribution in [3.63, 3.8) is 0 Å². The highest BCUT2D eigenvalue weighted by atomic mass is 35.5. The van der Waals surface area contributed by atoms with Crippen LogP contribution in [0.5, 0.6) is 0 Å². The van der Waals surface area contributed by atoms with E-state index in [-0.39, 0.29) is 16.7 Å². The molecule has 0 aromatic rings. The smallest absolute Gasteiger partial charge is 0.243 e. The van der Waals surface area contributed by atoms with Gasteiger partial charge in [-0.1, -0.05) is 42.6 Å². The Balaban J connectivity index is 1.71. The highest BCUT2D eigenvalue weighted by Gasteiger charge is 2.17. The lowest BCUT2D eigenvalue weighted by Crippen LogP contribution is -2.21. The molecule has 1 amide bonds. The molecule has 0 aromatic heterocycles. The minimum absolute atomic E-state index is 0.118. The van der Waals surface area contributed by atoms with Crippen molar-refractivity contribution in [2.45, 2.75) is 25.7 Å². The molecule has 0 fully saturated rings. The number of carbonyl (C=O) groups excluding carboxylic acids is 2. The van der Waals surface area contributed by atoms with Gasteiger partial charge in [0, 0.05) is 23.2 Å². The first kappa shape index (κ1) is 21.9. The molecule has 0 atom stereocenters. The zero-order valence-electron chi connectivity index (χ0n) is 15.6. The van der Waals surface area contributed by atoms with Crippen molar-refractivity contribution >= 4 is 34.9 Å². The van der Waals surface area contributed by atoms with Gasteiger partial charge in [-0.15, -0.1) is 0 Å². The first-order valence-electron chi connectivity index (χ1n) is 9.15. The number of hydrogen-bond donors (Lipinski definition) is 1. The van der Waals surface area contributed by atoms with Gasteiger partial charge >= 0.3 is 0 Å². The molecule has 2 aliphatic rings. The lowest BCUT2D eigenvalue weighted by Gasteiger charge is -2.09. The van der Waals surface area contributed by atoms with E-state index >= 15 is 0 Å². The fourth-order valence-electron chi connectivity index (χ4n) is 2.60. The molecule has 6 heteroatoms. The summed E-state index contributed by atoms with van der Waals surface area (Å²) in [6, 6.07) is 0. The Hall–Kier alpha value is -2.39. The van der Waals surface area contributed by atoms with Crippen molar-refractivity contribution in [2.75, 3.05) is 13.1 Å². The summed E-state index contributed by atoms with van der Waals surface area (Å²) in [6.45, 7) is 4.99. The molecule has 0 unspecified atom stereocenters. The predicted molar refractivity (Wildman–Crippen MR) is 114 cm³/mol. The molecule has 1 aliphatic carbocycles. The van der Waals surface area contributed by atoms with Crippen LogP contribution in [-0.4, -0.2) is 29.7 Å². The standard InChI is InChI=1S/C22H22Cl2N2O2/c1-2-21(27)25-11-5-3-4-6-12-26-13-9-17(10-14-26)7-8-18-15-19(23)16-20(24)22(18)28/h2,7-10,13,15-16H,1,3-6,11-12H2/p+1. The Morgan fingerprint density at radius 2 is 1.96 bits per heavy atom. The van der Waals surface area contributed by atoms with Crippen molar-refractivity contribution in [1.82, 2.24) is 10.2 Å². The van der Waals surface area contributed by atoms with Crippen LogP contribution < -0.4 is 5.32 Å². The van der Waals surface area contributed by atoms with Crippen LogP contribution in [0.1, 0.15) is 25.7 Å². The van der Waals surface area contributed by atoms with E-state index in [2.05, 4.69) is 18.1 Å². The number of ketones is 1. The molecule has 0 bridgehead atoms. The number of Topliss-reactive ketones (excluding diaryl/α,β-unsaturated/α-hetero) is 1. The first-order valence-corrected chi connectivity index (χ1v) is 9.91.